The van der Waals surface area contributed by atoms with Gasteiger partial charge in [0.15, 0.2) is 6.10 Å². The van der Waals surface area contributed by atoms with E-state index in [1.54, 1.807) is 6.92 Å². The fraction of sp³-hybridized carbons (Fsp3) is 0.350. The number of nitrogens with one attached hydrogen (secondary N) is 1. The predicted octanol–water partition coefficient (Wildman–Crippen LogP) is 3.24. The summed E-state index contributed by atoms with van der Waals surface area (Å²) in [6.45, 7) is 7.02. The molecule has 5 nitrogen and oxygen atoms in total. The van der Waals surface area contributed by atoms with Gasteiger partial charge in [0, 0.05) is 24.5 Å². The van der Waals surface area contributed by atoms with E-state index < -0.39 is 6.10 Å². The van der Waals surface area contributed by atoms with Gasteiger partial charge in [0.05, 0.1) is 13.2 Å². The maximum absolute atomic E-state index is 12.4. The summed E-state index contributed by atoms with van der Waals surface area (Å²) in [5.74, 6) is 0.565. The third-order valence-electron chi connectivity index (χ3n) is 4.28. The molecule has 1 aliphatic heterocycles. The van der Waals surface area contributed by atoms with Crippen LogP contribution in [0.4, 0.5) is 11.4 Å². The fourth-order valence-corrected chi connectivity index (χ4v) is 2.75. The number of nitrogens with zero attached hydrogens (tertiary/aromatic N) is 1. The number of para-hydroxylation sites is 1. The largest absolute Gasteiger partial charge is 0.481 e. The van der Waals surface area contributed by atoms with Crippen LogP contribution in [0, 0.1) is 6.92 Å². The Bertz CT molecular complexity index is 709. The molecule has 0 bridgehead atoms. The van der Waals surface area contributed by atoms with Gasteiger partial charge in [-0.05, 0) is 49.7 Å². The summed E-state index contributed by atoms with van der Waals surface area (Å²) < 4.78 is 11.1. The van der Waals surface area contributed by atoms with Gasteiger partial charge < -0.3 is 19.7 Å². The predicted molar refractivity (Wildman–Crippen MR) is 99.4 cm³/mol. The number of anilines is 2. The van der Waals surface area contributed by atoms with Crippen molar-refractivity contribution in [3.63, 3.8) is 0 Å². The van der Waals surface area contributed by atoms with Crippen molar-refractivity contribution in [2.24, 2.45) is 0 Å². The molecule has 1 fully saturated rings. The molecule has 0 spiro atoms. The third-order valence-corrected chi connectivity index (χ3v) is 4.28. The van der Waals surface area contributed by atoms with E-state index >= 15 is 0 Å². The molecule has 0 aliphatic carbocycles. The Morgan fingerprint density at radius 2 is 1.80 bits per heavy atom. The van der Waals surface area contributed by atoms with E-state index in [1.807, 2.05) is 55.5 Å². The Kier molecular flexibility index (Phi) is 5.56. The Morgan fingerprint density at radius 3 is 2.48 bits per heavy atom. The molecule has 1 amide bonds. The van der Waals surface area contributed by atoms with Crippen LogP contribution in [0.15, 0.2) is 48.5 Å². The van der Waals surface area contributed by atoms with E-state index in [0.717, 1.165) is 49.0 Å². The van der Waals surface area contributed by atoms with Crippen molar-refractivity contribution in [2.75, 3.05) is 36.5 Å². The van der Waals surface area contributed by atoms with Gasteiger partial charge in [0.2, 0.25) is 0 Å². The number of rotatable bonds is 5. The minimum absolute atomic E-state index is 0.164. The van der Waals surface area contributed by atoms with Crippen LogP contribution in [0.2, 0.25) is 0 Å². The van der Waals surface area contributed by atoms with Crippen LogP contribution in [0.3, 0.4) is 0 Å². The summed E-state index contributed by atoms with van der Waals surface area (Å²) in [6, 6.07) is 15.6. The lowest BCUT2D eigenvalue weighted by Gasteiger charge is -2.29. The Labute approximate surface area is 148 Å². The molecule has 0 radical (unpaired) electrons. The molecule has 1 unspecified atom stereocenters. The minimum atomic E-state index is -0.569. The average molecular weight is 340 g/mol. The lowest BCUT2D eigenvalue weighted by atomic mass is 10.2. The van der Waals surface area contributed by atoms with Gasteiger partial charge in [-0.2, -0.15) is 0 Å². The van der Waals surface area contributed by atoms with Gasteiger partial charge in [-0.3, -0.25) is 4.79 Å². The van der Waals surface area contributed by atoms with E-state index in [1.165, 1.54) is 0 Å². The van der Waals surface area contributed by atoms with Gasteiger partial charge in [-0.15, -0.1) is 0 Å². The highest BCUT2D eigenvalue weighted by Gasteiger charge is 2.16. The van der Waals surface area contributed by atoms with Crippen LogP contribution in [0.5, 0.6) is 5.75 Å². The standard InChI is InChI=1S/C20H24N2O3/c1-15-5-3-4-6-19(15)25-16(2)20(23)21-17-7-9-18(10-8-17)22-11-13-24-14-12-22/h3-10,16H,11-14H2,1-2H3,(H,21,23). The number of ether oxygens (including phenoxy) is 2. The highest BCUT2D eigenvalue weighted by Crippen LogP contribution is 2.20. The Balaban J connectivity index is 1.57. The highest BCUT2D eigenvalue weighted by molar-refractivity contribution is 5.94. The molecule has 132 valence electrons. The molecule has 1 N–H and O–H groups in total. The first-order valence-corrected chi connectivity index (χ1v) is 8.59. The molecule has 1 heterocycles. The third kappa shape index (κ3) is 4.51. The van der Waals surface area contributed by atoms with E-state index in [2.05, 4.69) is 10.2 Å². The summed E-state index contributed by atoms with van der Waals surface area (Å²) >= 11 is 0. The quantitative estimate of drug-likeness (QED) is 0.908. The lowest BCUT2D eigenvalue weighted by molar-refractivity contribution is -0.122. The molecular weight excluding hydrogens is 316 g/mol. The first-order chi connectivity index (χ1) is 12.1. The van der Waals surface area contributed by atoms with Gasteiger partial charge in [-0.25, -0.2) is 0 Å². The van der Waals surface area contributed by atoms with Crippen LogP contribution in [-0.2, 0) is 9.53 Å². The van der Waals surface area contributed by atoms with Gasteiger partial charge >= 0.3 is 0 Å². The van der Waals surface area contributed by atoms with Crippen LogP contribution in [0.25, 0.3) is 0 Å². The van der Waals surface area contributed by atoms with Crippen LogP contribution < -0.4 is 15.0 Å². The molecule has 25 heavy (non-hydrogen) atoms. The molecule has 2 aromatic rings. The molecule has 1 saturated heterocycles. The summed E-state index contributed by atoms with van der Waals surface area (Å²) in [4.78, 5) is 14.6. The van der Waals surface area contributed by atoms with Crippen LogP contribution in [-0.4, -0.2) is 38.3 Å². The Hall–Kier alpha value is -2.53. The smallest absolute Gasteiger partial charge is 0.265 e. The first kappa shape index (κ1) is 17.3. The van der Waals surface area contributed by atoms with Crippen molar-refractivity contribution in [3.8, 4) is 5.75 Å². The average Bonchev–Trinajstić information content (AvgIpc) is 2.65. The molecule has 1 atom stereocenters. The number of morpholine rings is 1. The molecule has 1 aliphatic rings. The molecule has 0 aromatic heterocycles. The summed E-state index contributed by atoms with van der Waals surface area (Å²) in [6.07, 6.45) is -0.569. The van der Waals surface area contributed by atoms with Crippen molar-refractivity contribution >= 4 is 17.3 Å². The normalized spacial score (nSPS) is 15.5. The summed E-state index contributed by atoms with van der Waals surface area (Å²) in [5.41, 5.74) is 2.92. The molecule has 2 aromatic carbocycles. The Morgan fingerprint density at radius 1 is 1.12 bits per heavy atom. The van der Waals surface area contributed by atoms with Crippen molar-refractivity contribution in [3.05, 3.63) is 54.1 Å². The van der Waals surface area contributed by atoms with E-state index in [-0.39, 0.29) is 5.91 Å². The second-order valence-electron chi connectivity index (χ2n) is 6.16. The SMILES string of the molecule is Cc1ccccc1OC(C)C(=O)Nc1ccc(N2CCOCC2)cc1. The molecule has 5 heteroatoms. The van der Waals surface area contributed by atoms with Crippen LogP contribution >= 0.6 is 0 Å². The number of hydrogen-bond acceptors (Lipinski definition) is 4. The zero-order chi connectivity index (χ0) is 17.6. The summed E-state index contributed by atoms with van der Waals surface area (Å²) in [7, 11) is 0. The first-order valence-electron chi connectivity index (χ1n) is 8.59. The highest BCUT2D eigenvalue weighted by atomic mass is 16.5. The maximum Gasteiger partial charge on any atom is 0.265 e. The number of benzene rings is 2. The van der Waals surface area contributed by atoms with Gasteiger partial charge in [0.25, 0.3) is 5.91 Å². The second-order valence-corrected chi connectivity index (χ2v) is 6.16. The molecular formula is C20H24N2O3. The second kappa shape index (κ2) is 8.03. The topological polar surface area (TPSA) is 50.8 Å². The van der Waals surface area contributed by atoms with E-state index in [4.69, 9.17) is 9.47 Å². The number of amides is 1. The van der Waals surface area contributed by atoms with Crippen molar-refractivity contribution in [1.82, 2.24) is 0 Å². The number of carbonyl (C=O) groups excluding carboxylic acids is 1. The molecule has 0 saturated carbocycles. The van der Waals surface area contributed by atoms with Crippen molar-refractivity contribution in [2.45, 2.75) is 20.0 Å². The van der Waals surface area contributed by atoms with Crippen molar-refractivity contribution < 1.29 is 14.3 Å². The fourth-order valence-electron chi connectivity index (χ4n) is 2.75. The minimum Gasteiger partial charge on any atom is -0.481 e. The van der Waals surface area contributed by atoms with Crippen molar-refractivity contribution in [1.29, 1.82) is 0 Å². The lowest BCUT2D eigenvalue weighted by Crippen LogP contribution is -2.36. The zero-order valence-electron chi connectivity index (χ0n) is 14.7. The number of hydrogen-bond donors (Lipinski definition) is 1. The monoisotopic (exact) mass is 340 g/mol. The van der Waals surface area contributed by atoms with E-state index in [0.29, 0.717) is 0 Å². The van der Waals surface area contributed by atoms with Crippen LogP contribution in [0.1, 0.15) is 12.5 Å². The van der Waals surface area contributed by atoms with Gasteiger partial charge in [-0.1, -0.05) is 18.2 Å². The number of aryl methyl sites for hydroxylation is 1. The maximum atomic E-state index is 12.4. The van der Waals surface area contributed by atoms with E-state index in [9.17, 15) is 4.79 Å². The molecule has 3 rings (SSSR count). The number of carbonyl (C=O) groups is 1. The van der Waals surface area contributed by atoms with Gasteiger partial charge in [0.1, 0.15) is 5.75 Å². The zero-order valence-corrected chi connectivity index (χ0v) is 14.7. The summed E-state index contributed by atoms with van der Waals surface area (Å²) in [5, 5.41) is 2.90.